The summed E-state index contributed by atoms with van der Waals surface area (Å²) in [7, 11) is 0. The molecule has 14 heavy (non-hydrogen) atoms. The number of ketones is 1. The number of hydrogen-bond donors (Lipinski definition) is 2. The lowest BCUT2D eigenvalue weighted by molar-refractivity contribution is 0.101. The van der Waals surface area contributed by atoms with E-state index in [1.54, 1.807) is 12.1 Å². The molecule has 0 saturated heterocycles. The number of anilines is 1. The fourth-order valence-electron chi connectivity index (χ4n) is 1.00. The van der Waals surface area contributed by atoms with Crippen LogP contribution in [0.5, 0.6) is 0 Å². The van der Waals surface area contributed by atoms with E-state index in [0.717, 1.165) is 0 Å². The Kier molecular flexibility index (Phi) is 3.24. The lowest BCUT2D eigenvalue weighted by atomic mass is 10.1. The zero-order valence-corrected chi connectivity index (χ0v) is 8.96. The normalized spacial score (nSPS) is 9.57. The van der Waals surface area contributed by atoms with Crippen LogP contribution in [0.15, 0.2) is 22.7 Å². The number of rotatable bonds is 2. The Morgan fingerprint density at radius 1 is 1.43 bits per heavy atom. The molecule has 74 valence electrons. The Morgan fingerprint density at radius 2 is 2.07 bits per heavy atom. The molecule has 4 nitrogen and oxygen atoms in total. The summed E-state index contributed by atoms with van der Waals surface area (Å²) in [5.74, 6) is -0.0706. The molecule has 1 rings (SSSR count). The zero-order valence-electron chi connectivity index (χ0n) is 7.37. The van der Waals surface area contributed by atoms with Crippen molar-refractivity contribution in [3.8, 4) is 0 Å². The Balaban J connectivity index is 3.00. The van der Waals surface area contributed by atoms with Gasteiger partial charge in [0, 0.05) is 15.7 Å². The summed E-state index contributed by atoms with van der Waals surface area (Å²) in [5, 5.41) is 10.6. The topological polar surface area (TPSA) is 66.4 Å². The summed E-state index contributed by atoms with van der Waals surface area (Å²) in [6, 6.07) is 4.65. The first-order chi connectivity index (χ1) is 6.50. The van der Waals surface area contributed by atoms with Gasteiger partial charge in [-0.25, -0.2) is 4.79 Å². The van der Waals surface area contributed by atoms with Crippen LogP contribution in [0.4, 0.5) is 10.5 Å². The molecule has 1 amide bonds. The average molecular weight is 258 g/mol. The fraction of sp³-hybridized carbons (Fsp3) is 0.111. The highest BCUT2D eigenvalue weighted by Gasteiger charge is 2.06. The quantitative estimate of drug-likeness (QED) is 0.801. The first-order valence-corrected chi connectivity index (χ1v) is 4.60. The second-order valence-electron chi connectivity index (χ2n) is 2.68. The van der Waals surface area contributed by atoms with Gasteiger partial charge in [0.15, 0.2) is 5.78 Å². The third-order valence-corrected chi connectivity index (χ3v) is 2.26. The minimum atomic E-state index is -1.13. The Morgan fingerprint density at radius 3 is 2.50 bits per heavy atom. The van der Waals surface area contributed by atoms with Crippen LogP contribution in [0.3, 0.4) is 0 Å². The summed E-state index contributed by atoms with van der Waals surface area (Å²) >= 11 is 3.18. The SMILES string of the molecule is CC(=O)c1ccc(NC(=O)O)cc1Br. The predicted octanol–water partition coefficient (Wildman–Crippen LogP) is 2.74. The van der Waals surface area contributed by atoms with Gasteiger partial charge in [-0.15, -0.1) is 0 Å². The van der Waals surface area contributed by atoms with Crippen LogP contribution in [0.2, 0.25) is 0 Å². The van der Waals surface area contributed by atoms with E-state index in [4.69, 9.17) is 5.11 Å². The molecule has 0 heterocycles. The van der Waals surface area contributed by atoms with E-state index in [1.807, 2.05) is 0 Å². The molecule has 0 aliphatic carbocycles. The van der Waals surface area contributed by atoms with Crippen molar-refractivity contribution in [3.05, 3.63) is 28.2 Å². The highest BCUT2D eigenvalue weighted by molar-refractivity contribution is 9.10. The average Bonchev–Trinajstić information content (AvgIpc) is 2.01. The number of Topliss-reactive ketones (excluding diaryl/α,β-unsaturated/α-hetero) is 1. The van der Waals surface area contributed by atoms with Crippen molar-refractivity contribution >= 4 is 33.5 Å². The van der Waals surface area contributed by atoms with E-state index in [1.165, 1.54) is 13.0 Å². The van der Waals surface area contributed by atoms with E-state index < -0.39 is 6.09 Å². The summed E-state index contributed by atoms with van der Waals surface area (Å²) in [6.07, 6.45) is -1.13. The number of nitrogens with one attached hydrogen (secondary N) is 1. The molecule has 5 heteroatoms. The standard InChI is InChI=1S/C9H8BrNO3/c1-5(12)7-3-2-6(4-8(7)10)11-9(13)14/h2-4,11H,1H3,(H,13,14). The Labute approximate surface area is 89.1 Å². The first-order valence-electron chi connectivity index (χ1n) is 3.81. The largest absolute Gasteiger partial charge is 0.465 e. The van der Waals surface area contributed by atoms with Gasteiger partial charge in [-0.1, -0.05) is 0 Å². The van der Waals surface area contributed by atoms with Gasteiger partial charge >= 0.3 is 6.09 Å². The van der Waals surface area contributed by atoms with Crippen molar-refractivity contribution < 1.29 is 14.7 Å². The van der Waals surface area contributed by atoms with Crippen LogP contribution in [0.25, 0.3) is 0 Å². The van der Waals surface area contributed by atoms with E-state index in [-0.39, 0.29) is 5.78 Å². The molecule has 1 aromatic carbocycles. The molecule has 0 bridgehead atoms. The molecule has 0 aliphatic heterocycles. The van der Waals surface area contributed by atoms with Gasteiger partial charge in [0.05, 0.1) is 0 Å². The highest BCUT2D eigenvalue weighted by atomic mass is 79.9. The predicted molar refractivity (Wildman–Crippen MR) is 55.8 cm³/mol. The number of hydrogen-bond acceptors (Lipinski definition) is 2. The first kappa shape index (κ1) is 10.7. The number of amides is 1. The molecule has 0 spiro atoms. The maximum atomic E-state index is 11.0. The van der Waals surface area contributed by atoms with Crippen LogP contribution in [-0.4, -0.2) is 17.0 Å². The smallest absolute Gasteiger partial charge is 0.409 e. The number of carboxylic acid groups (broad SMARTS) is 1. The molecule has 1 aromatic rings. The lowest BCUT2D eigenvalue weighted by Gasteiger charge is -2.04. The van der Waals surface area contributed by atoms with Crippen LogP contribution in [0.1, 0.15) is 17.3 Å². The molecule has 0 aliphatic rings. The number of benzene rings is 1. The van der Waals surface area contributed by atoms with Gasteiger partial charge in [0.2, 0.25) is 0 Å². The van der Waals surface area contributed by atoms with Crippen LogP contribution in [-0.2, 0) is 0 Å². The summed E-state index contributed by atoms with van der Waals surface area (Å²) < 4.78 is 0.580. The van der Waals surface area contributed by atoms with Gasteiger partial charge in [0.1, 0.15) is 0 Å². The highest BCUT2D eigenvalue weighted by Crippen LogP contribution is 2.21. The Bertz CT molecular complexity index is 390. The van der Waals surface area contributed by atoms with Gasteiger partial charge in [0.25, 0.3) is 0 Å². The second-order valence-corrected chi connectivity index (χ2v) is 3.54. The number of carbonyl (C=O) groups excluding carboxylic acids is 1. The van der Waals surface area contributed by atoms with E-state index in [0.29, 0.717) is 15.7 Å². The third-order valence-electron chi connectivity index (χ3n) is 1.60. The van der Waals surface area contributed by atoms with Crippen LogP contribution >= 0.6 is 15.9 Å². The van der Waals surface area contributed by atoms with E-state index in [9.17, 15) is 9.59 Å². The zero-order chi connectivity index (χ0) is 10.7. The van der Waals surface area contributed by atoms with Crippen LogP contribution in [0, 0.1) is 0 Å². The van der Waals surface area contributed by atoms with Gasteiger partial charge in [-0.05, 0) is 41.1 Å². The van der Waals surface area contributed by atoms with Crippen molar-refractivity contribution in [2.45, 2.75) is 6.92 Å². The van der Waals surface area contributed by atoms with Crippen molar-refractivity contribution in [1.29, 1.82) is 0 Å². The maximum absolute atomic E-state index is 11.0. The molecular formula is C9H8BrNO3. The van der Waals surface area contributed by atoms with Gasteiger partial charge in [-0.3, -0.25) is 10.1 Å². The van der Waals surface area contributed by atoms with Crippen LogP contribution < -0.4 is 5.32 Å². The summed E-state index contributed by atoms with van der Waals surface area (Å²) in [5.41, 5.74) is 0.954. The molecule has 0 saturated carbocycles. The minimum Gasteiger partial charge on any atom is -0.465 e. The van der Waals surface area contributed by atoms with Crippen molar-refractivity contribution in [1.82, 2.24) is 0 Å². The maximum Gasteiger partial charge on any atom is 0.409 e. The van der Waals surface area contributed by atoms with E-state index >= 15 is 0 Å². The number of halogens is 1. The van der Waals surface area contributed by atoms with Crippen molar-refractivity contribution in [3.63, 3.8) is 0 Å². The minimum absolute atomic E-state index is 0.0706. The lowest BCUT2D eigenvalue weighted by Crippen LogP contribution is -2.07. The third kappa shape index (κ3) is 2.56. The molecule has 0 atom stereocenters. The van der Waals surface area contributed by atoms with Crippen molar-refractivity contribution in [2.75, 3.05) is 5.32 Å². The molecule has 0 unspecified atom stereocenters. The second kappa shape index (κ2) is 4.23. The monoisotopic (exact) mass is 257 g/mol. The van der Waals surface area contributed by atoms with Crippen molar-refractivity contribution in [2.24, 2.45) is 0 Å². The van der Waals surface area contributed by atoms with Gasteiger partial charge < -0.3 is 5.11 Å². The molecule has 0 aromatic heterocycles. The number of carbonyl (C=O) groups is 2. The Hall–Kier alpha value is -1.36. The van der Waals surface area contributed by atoms with E-state index in [2.05, 4.69) is 21.2 Å². The summed E-state index contributed by atoms with van der Waals surface area (Å²) in [6.45, 7) is 1.45. The fourth-order valence-corrected chi connectivity index (χ4v) is 1.66. The summed E-state index contributed by atoms with van der Waals surface area (Å²) in [4.78, 5) is 21.3. The molecule has 0 fully saturated rings. The molecular weight excluding hydrogens is 250 g/mol. The molecule has 2 N–H and O–H groups in total. The molecule has 0 radical (unpaired) electrons. The van der Waals surface area contributed by atoms with Gasteiger partial charge in [-0.2, -0.15) is 0 Å².